The Kier molecular flexibility index (Phi) is 6.79. The second-order valence-electron chi connectivity index (χ2n) is 5.35. The molecule has 2 aromatic rings. The van der Waals surface area contributed by atoms with Crippen molar-refractivity contribution in [3.8, 4) is 5.75 Å². The first-order valence-corrected chi connectivity index (χ1v) is 8.78. The van der Waals surface area contributed by atoms with Gasteiger partial charge in [0.05, 0.1) is 18.9 Å². The second kappa shape index (κ2) is 9.04. The molecule has 0 radical (unpaired) electrons. The van der Waals surface area contributed by atoms with E-state index < -0.39 is 12.0 Å². The first kappa shape index (κ1) is 19.5. The number of allylic oxidation sites excluding steroid dienone is 1. The van der Waals surface area contributed by atoms with Crippen LogP contribution in [0.1, 0.15) is 29.1 Å². The maximum Gasteiger partial charge on any atom is 0.313 e. The maximum absolute atomic E-state index is 12.4. The quantitative estimate of drug-likeness (QED) is 0.510. The number of thioether (sulfide) groups is 1. The summed E-state index contributed by atoms with van der Waals surface area (Å²) in [5.74, 6) is -0.124. The molecule has 0 saturated carbocycles. The predicted octanol–water partition coefficient (Wildman–Crippen LogP) is 2.14. The second-order valence-corrected chi connectivity index (χ2v) is 6.29. The highest BCUT2D eigenvalue weighted by atomic mass is 32.2. The van der Waals surface area contributed by atoms with Gasteiger partial charge in [-0.15, -0.1) is 16.8 Å². The summed E-state index contributed by atoms with van der Waals surface area (Å²) in [5.41, 5.74) is 0.493. The van der Waals surface area contributed by atoms with Gasteiger partial charge in [0.1, 0.15) is 5.75 Å². The van der Waals surface area contributed by atoms with Crippen LogP contribution < -0.4 is 10.1 Å². The van der Waals surface area contributed by atoms with Crippen molar-refractivity contribution in [3.05, 3.63) is 48.3 Å². The summed E-state index contributed by atoms with van der Waals surface area (Å²) < 4.78 is 6.81. The molecule has 0 bridgehead atoms. The summed E-state index contributed by atoms with van der Waals surface area (Å²) in [6.45, 7) is 5.89. The van der Waals surface area contributed by atoms with Gasteiger partial charge in [-0.3, -0.25) is 9.59 Å². The molecule has 0 aliphatic heterocycles. The Hall–Kier alpha value is -2.81. The topological polar surface area (TPSA) is 106 Å². The average molecular weight is 376 g/mol. The molecule has 1 aromatic heterocycles. The molecule has 0 saturated heterocycles. The Morgan fingerprint density at radius 1 is 1.38 bits per heavy atom. The van der Waals surface area contributed by atoms with Gasteiger partial charge in [0.2, 0.25) is 0 Å². The molecular formula is C17H20N4O4S. The molecule has 0 aliphatic rings. The van der Waals surface area contributed by atoms with E-state index in [1.807, 2.05) is 0 Å². The van der Waals surface area contributed by atoms with Crippen LogP contribution in [0.5, 0.6) is 5.75 Å². The highest BCUT2D eigenvalue weighted by Crippen LogP contribution is 2.21. The molecule has 8 nitrogen and oxygen atoms in total. The molecule has 0 aliphatic carbocycles. The normalized spacial score (nSPS) is 11.6. The van der Waals surface area contributed by atoms with Crippen LogP contribution in [0.3, 0.4) is 0 Å². The van der Waals surface area contributed by atoms with Crippen molar-refractivity contribution in [2.45, 2.75) is 24.7 Å². The van der Waals surface area contributed by atoms with Crippen LogP contribution in [-0.2, 0) is 11.3 Å². The number of nitrogens with zero attached hydrogens (tertiary/aromatic N) is 3. The van der Waals surface area contributed by atoms with Crippen LogP contribution in [-0.4, -0.2) is 44.6 Å². The molecule has 0 fully saturated rings. The van der Waals surface area contributed by atoms with Crippen molar-refractivity contribution >= 4 is 23.6 Å². The number of carboxylic acid groups (broad SMARTS) is 1. The molecule has 9 heteroatoms. The van der Waals surface area contributed by atoms with E-state index in [9.17, 15) is 9.59 Å². The van der Waals surface area contributed by atoms with Crippen LogP contribution in [0.2, 0.25) is 0 Å². The lowest BCUT2D eigenvalue weighted by Crippen LogP contribution is -2.28. The number of aromatic nitrogens is 3. The monoisotopic (exact) mass is 376 g/mol. The highest BCUT2D eigenvalue weighted by molar-refractivity contribution is 7.99. The summed E-state index contributed by atoms with van der Waals surface area (Å²) in [6.07, 6.45) is 1.66. The summed E-state index contributed by atoms with van der Waals surface area (Å²) in [7, 11) is 1.56. The minimum Gasteiger partial charge on any atom is -0.497 e. The molecule has 0 unspecified atom stereocenters. The smallest absolute Gasteiger partial charge is 0.313 e. The summed E-state index contributed by atoms with van der Waals surface area (Å²) in [6, 6.07) is 6.34. The van der Waals surface area contributed by atoms with Gasteiger partial charge in [-0.2, -0.15) is 0 Å². The van der Waals surface area contributed by atoms with Crippen molar-refractivity contribution in [2.24, 2.45) is 0 Å². The van der Waals surface area contributed by atoms with Crippen molar-refractivity contribution < 1.29 is 19.4 Å². The Bertz CT molecular complexity index is 789. The zero-order valence-electron chi connectivity index (χ0n) is 14.5. The number of carbonyl (C=O) groups is 2. The van der Waals surface area contributed by atoms with E-state index in [4.69, 9.17) is 9.84 Å². The molecule has 1 heterocycles. The summed E-state index contributed by atoms with van der Waals surface area (Å²) in [5, 5.41) is 20.3. The van der Waals surface area contributed by atoms with Gasteiger partial charge >= 0.3 is 5.97 Å². The molecule has 1 atom stereocenters. The van der Waals surface area contributed by atoms with Crippen molar-refractivity contribution in [3.63, 3.8) is 0 Å². The maximum atomic E-state index is 12.4. The summed E-state index contributed by atoms with van der Waals surface area (Å²) >= 11 is 1.07. The average Bonchev–Trinajstić information content (AvgIpc) is 3.03. The predicted molar refractivity (Wildman–Crippen MR) is 97.5 cm³/mol. The van der Waals surface area contributed by atoms with Crippen LogP contribution in [0.15, 0.2) is 42.1 Å². The first-order chi connectivity index (χ1) is 12.5. The van der Waals surface area contributed by atoms with Gasteiger partial charge in [0.15, 0.2) is 11.0 Å². The van der Waals surface area contributed by atoms with Crippen molar-refractivity contribution in [2.75, 3.05) is 12.9 Å². The highest BCUT2D eigenvalue weighted by Gasteiger charge is 2.20. The lowest BCUT2D eigenvalue weighted by Gasteiger charge is -2.15. The molecule has 0 spiro atoms. The lowest BCUT2D eigenvalue weighted by molar-refractivity contribution is -0.133. The number of hydrogen-bond donors (Lipinski definition) is 2. The Morgan fingerprint density at radius 3 is 2.65 bits per heavy atom. The van der Waals surface area contributed by atoms with E-state index in [1.54, 1.807) is 48.9 Å². The van der Waals surface area contributed by atoms with Crippen LogP contribution in [0.25, 0.3) is 0 Å². The van der Waals surface area contributed by atoms with Crippen molar-refractivity contribution in [1.82, 2.24) is 20.1 Å². The molecule has 26 heavy (non-hydrogen) atoms. The Balaban J connectivity index is 2.14. The van der Waals surface area contributed by atoms with E-state index in [0.717, 1.165) is 11.8 Å². The number of ether oxygens (including phenoxy) is 1. The fourth-order valence-electron chi connectivity index (χ4n) is 2.24. The number of rotatable bonds is 9. The number of carboxylic acids is 1. The van der Waals surface area contributed by atoms with Gasteiger partial charge in [-0.1, -0.05) is 17.8 Å². The molecule has 2 rings (SSSR count). The third-order valence-corrected chi connectivity index (χ3v) is 4.42. The van der Waals surface area contributed by atoms with E-state index in [1.165, 1.54) is 0 Å². The first-order valence-electron chi connectivity index (χ1n) is 7.79. The van der Waals surface area contributed by atoms with Gasteiger partial charge in [0, 0.05) is 12.1 Å². The number of methoxy groups -OCH3 is 1. The van der Waals surface area contributed by atoms with E-state index >= 15 is 0 Å². The minimum absolute atomic E-state index is 0.123. The molecule has 138 valence electrons. The molecule has 1 aromatic carbocycles. The van der Waals surface area contributed by atoms with E-state index in [-0.39, 0.29) is 11.7 Å². The Morgan fingerprint density at radius 2 is 2.08 bits per heavy atom. The van der Waals surface area contributed by atoms with Crippen LogP contribution in [0, 0.1) is 0 Å². The van der Waals surface area contributed by atoms with E-state index in [0.29, 0.717) is 28.8 Å². The third kappa shape index (κ3) is 4.85. The van der Waals surface area contributed by atoms with Gasteiger partial charge < -0.3 is 19.7 Å². The third-order valence-electron chi connectivity index (χ3n) is 3.47. The fraction of sp³-hybridized carbons (Fsp3) is 0.294. The summed E-state index contributed by atoms with van der Waals surface area (Å²) in [4.78, 5) is 23.2. The van der Waals surface area contributed by atoms with E-state index in [2.05, 4.69) is 22.1 Å². The Labute approximate surface area is 155 Å². The minimum atomic E-state index is -0.939. The number of nitrogens with one attached hydrogen (secondary N) is 1. The number of hydrogen-bond acceptors (Lipinski definition) is 6. The molecular weight excluding hydrogens is 356 g/mol. The van der Waals surface area contributed by atoms with Crippen molar-refractivity contribution in [1.29, 1.82) is 0 Å². The molecule has 2 N–H and O–H groups in total. The zero-order chi connectivity index (χ0) is 19.1. The standard InChI is InChI=1S/C17H20N4O4S/c1-4-9-21-15(19-20-17(21)26-10-14(22)23)11(2)18-16(24)12-5-7-13(25-3)8-6-12/h4-8,11H,1,9-10H2,2-3H3,(H,18,24)(H,22,23)/t11-/m1/s1. The zero-order valence-corrected chi connectivity index (χ0v) is 15.3. The van der Waals surface area contributed by atoms with Crippen LogP contribution in [0.4, 0.5) is 0 Å². The van der Waals surface area contributed by atoms with Gasteiger partial charge in [-0.25, -0.2) is 0 Å². The lowest BCUT2D eigenvalue weighted by atomic mass is 10.2. The largest absolute Gasteiger partial charge is 0.497 e. The fourth-order valence-corrected chi connectivity index (χ4v) is 2.92. The number of carbonyl (C=O) groups excluding carboxylic acids is 1. The number of benzene rings is 1. The number of aliphatic carboxylic acids is 1. The van der Waals surface area contributed by atoms with Gasteiger partial charge in [-0.05, 0) is 31.2 Å². The van der Waals surface area contributed by atoms with Crippen LogP contribution >= 0.6 is 11.8 Å². The number of amides is 1. The molecule has 1 amide bonds. The van der Waals surface area contributed by atoms with Gasteiger partial charge in [0.25, 0.3) is 5.91 Å². The SMILES string of the molecule is C=CCn1c(SCC(=O)O)nnc1[C@@H](C)NC(=O)c1ccc(OC)cc1.